The van der Waals surface area contributed by atoms with E-state index in [0.717, 1.165) is 57.1 Å². The Kier molecular flexibility index (Phi) is 10.6. The number of hydrogen-bond acceptors (Lipinski definition) is 3. The van der Waals surface area contributed by atoms with E-state index in [1.807, 2.05) is 6.07 Å². The number of carbonyl (C=O) groups excluding carboxylic acids is 1. The van der Waals surface area contributed by atoms with Crippen LogP contribution in [0.1, 0.15) is 94.1 Å². The molecule has 2 rings (SSSR count). The van der Waals surface area contributed by atoms with E-state index >= 15 is 0 Å². The maximum atomic E-state index is 13.2. The van der Waals surface area contributed by atoms with Crippen LogP contribution >= 0.6 is 0 Å². The Bertz CT molecular complexity index is 886. The molecule has 0 heterocycles. The SMILES string of the molecule is CC(C)(C)OC(=O)CC(O)c1cc(C(F)(F)F)ccc1CCCCCCCCc1ccccc1. The van der Waals surface area contributed by atoms with Gasteiger partial charge in [0.05, 0.1) is 18.1 Å². The fraction of sp³-hybridized carbons (Fsp3) is 0.536. The zero-order valence-electron chi connectivity index (χ0n) is 20.5. The van der Waals surface area contributed by atoms with Crippen molar-refractivity contribution < 1.29 is 27.8 Å². The minimum atomic E-state index is -4.52. The standard InChI is InChI=1S/C28H37F3O3/c1-27(2,3)34-26(33)20-25(32)24-19-23(28(29,30)31)18-17-22(24)16-12-7-5-4-6-9-13-21-14-10-8-11-15-21/h8,10-11,14-15,17-19,25,32H,4-7,9,12-13,16,20H2,1-3H3. The maximum Gasteiger partial charge on any atom is 0.416 e. The smallest absolute Gasteiger partial charge is 0.416 e. The number of aliphatic hydroxyl groups excluding tert-OH is 1. The molecule has 0 fully saturated rings. The third-order valence-electron chi connectivity index (χ3n) is 5.62. The summed E-state index contributed by atoms with van der Waals surface area (Å²) in [4.78, 5) is 12.1. The number of esters is 1. The number of benzene rings is 2. The topological polar surface area (TPSA) is 46.5 Å². The number of aryl methyl sites for hydroxylation is 2. The highest BCUT2D eigenvalue weighted by molar-refractivity contribution is 5.70. The summed E-state index contributed by atoms with van der Waals surface area (Å²) in [5, 5.41) is 10.6. The molecule has 0 aliphatic carbocycles. The van der Waals surface area contributed by atoms with E-state index in [-0.39, 0.29) is 12.0 Å². The largest absolute Gasteiger partial charge is 0.460 e. The Morgan fingerprint density at radius 3 is 2.06 bits per heavy atom. The van der Waals surface area contributed by atoms with Gasteiger partial charge >= 0.3 is 12.1 Å². The lowest BCUT2D eigenvalue weighted by molar-refractivity contribution is -0.157. The summed E-state index contributed by atoms with van der Waals surface area (Å²) in [5.41, 5.74) is 0.598. The third-order valence-corrected chi connectivity index (χ3v) is 5.62. The minimum absolute atomic E-state index is 0.156. The van der Waals surface area contributed by atoms with Crippen molar-refractivity contribution in [1.29, 1.82) is 0 Å². The molecule has 0 aliphatic heterocycles. The van der Waals surface area contributed by atoms with Gasteiger partial charge in [-0.3, -0.25) is 4.79 Å². The van der Waals surface area contributed by atoms with E-state index in [9.17, 15) is 23.1 Å². The van der Waals surface area contributed by atoms with Crippen molar-refractivity contribution in [3.05, 3.63) is 70.8 Å². The first-order valence-electron chi connectivity index (χ1n) is 12.1. The van der Waals surface area contributed by atoms with Gasteiger partial charge in [-0.2, -0.15) is 13.2 Å². The highest BCUT2D eigenvalue weighted by Gasteiger charge is 2.32. The third kappa shape index (κ3) is 10.3. The molecule has 0 radical (unpaired) electrons. The van der Waals surface area contributed by atoms with Crippen LogP contribution in [0.2, 0.25) is 0 Å². The molecule has 0 aromatic heterocycles. The van der Waals surface area contributed by atoms with Gasteiger partial charge in [-0.25, -0.2) is 0 Å². The summed E-state index contributed by atoms with van der Waals surface area (Å²) in [6.07, 6.45) is 1.65. The van der Waals surface area contributed by atoms with Crippen LogP contribution < -0.4 is 0 Å². The average molecular weight is 479 g/mol. The molecule has 1 unspecified atom stereocenters. The van der Waals surface area contributed by atoms with Gasteiger partial charge in [0.1, 0.15) is 5.60 Å². The molecule has 0 saturated carbocycles. The summed E-state index contributed by atoms with van der Waals surface area (Å²) in [5.74, 6) is -0.640. The number of rotatable bonds is 12. The Labute approximate surface area is 201 Å². The van der Waals surface area contributed by atoms with Crippen molar-refractivity contribution in [2.45, 2.75) is 96.4 Å². The monoisotopic (exact) mass is 478 g/mol. The van der Waals surface area contributed by atoms with Crippen LogP contribution in [0.25, 0.3) is 0 Å². The number of halogens is 3. The summed E-state index contributed by atoms with van der Waals surface area (Å²) in [6.45, 7) is 5.11. The van der Waals surface area contributed by atoms with Crippen molar-refractivity contribution in [3.8, 4) is 0 Å². The number of aliphatic hydroxyl groups is 1. The first-order chi connectivity index (χ1) is 16.0. The van der Waals surface area contributed by atoms with E-state index in [0.29, 0.717) is 12.0 Å². The van der Waals surface area contributed by atoms with E-state index < -0.39 is 29.4 Å². The Morgan fingerprint density at radius 2 is 1.47 bits per heavy atom. The Hall–Kier alpha value is -2.34. The lowest BCUT2D eigenvalue weighted by Crippen LogP contribution is -2.25. The van der Waals surface area contributed by atoms with Gasteiger partial charge < -0.3 is 9.84 Å². The molecular weight excluding hydrogens is 441 g/mol. The van der Waals surface area contributed by atoms with Gasteiger partial charge in [0.2, 0.25) is 0 Å². The van der Waals surface area contributed by atoms with Crippen LogP contribution in [0.4, 0.5) is 13.2 Å². The highest BCUT2D eigenvalue weighted by Crippen LogP contribution is 2.34. The van der Waals surface area contributed by atoms with Gasteiger partial charge in [0.15, 0.2) is 0 Å². The summed E-state index contributed by atoms with van der Waals surface area (Å²) in [7, 11) is 0. The van der Waals surface area contributed by atoms with Crippen LogP contribution in [-0.4, -0.2) is 16.7 Å². The molecule has 2 aromatic rings. The first-order valence-corrected chi connectivity index (χ1v) is 12.1. The second-order valence-corrected chi connectivity index (χ2v) is 9.82. The zero-order chi connectivity index (χ0) is 25.2. The maximum absolute atomic E-state index is 13.2. The quantitative estimate of drug-likeness (QED) is 0.252. The number of hydrogen-bond donors (Lipinski definition) is 1. The molecule has 6 heteroatoms. The van der Waals surface area contributed by atoms with Gasteiger partial charge in [0, 0.05) is 0 Å². The minimum Gasteiger partial charge on any atom is -0.460 e. The van der Waals surface area contributed by atoms with Crippen LogP contribution in [0.15, 0.2) is 48.5 Å². The highest BCUT2D eigenvalue weighted by atomic mass is 19.4. The van der Waals surface area contributed by atoms with Gasteiger partial charge in [0.25, 0.3) is 0 Å². The molecule has 0 saturated heterocycles. The molecule has 0 spiro atoms. The molecule has 0 aliphatic rings. The molecule has 188 valence electrons. The van der Waals surface area contributed by atoms with E-state index in [1.54, 1.807) is 20.8 Å². The van der Waals surface area contributed by atoms with Gasteiger partial charge in [-0.1, -0.05) is 62.1 Å². The Morgan fingerprint density at radius 1 is 0.882 bits per heavy atom. The number of carbonyl (C=O) groups is 1. The zero-order valence-corrected chi connectivity index (χ0v) is 20.5. The van der Waals surface area contributed by atoms with Crippen LogP contribution in [0, 0.1) is 0 Å². The summed E-state index contributed by atoms with van der Waals surface area (Å²) >= 11 is 0. The van der Waals surface area contributed by atoms with E-state index in [2.05, 4.69) is 24.3 Å². The Balaban J connectivity index is 1.87. The van der Waals surface area contributed by atoms with Crippen LogP contribution in [0.3, 0.4) is 0 Å². The first kappa shape index (κ1) is 27.9. The van der Waals surface area contributed by atoms with Crippen molar-refractivity contribution in [1.82, 2.24) is 0 Å². The number of unbranched alkanes of at least 4 members (excludes halogenated alkanes) is 5. The predicted octanol–water partition coefficient (Wildman–Crippen LogP) is 7.60. The average Bonchev–Trinajstić information content (AvgIpc) is 2.74. The van der Waals surface area contributed by atoms with Crippen LogP contribution in [-0.2, 0) is 28.5 Å². The lowest BCUT2D eigenvalue weighted by atomic mass is 9.93. The lowest BCUT2D eigenvalue weighted by Gasteiger charge is -2.22. The fourth-order valence-electron chi connectivity index (χ4n) is 3.96. The molecule has 1 N–H and O–H groups in total. The van der Waals surface area contributed by atoms with Crippen molar-refractivity contribution in [3.63, 3.8) is 0 Å². The van der Waals surface area contributed by atoms with Gasteiger partial charge in [-0.05, 0) is 75.3 Å². The predicted molar refractivity (Wildman–Crippen MR) is 128 cm³/mol. The van der Waals surface area contributed by atoms with Crippen molar-refractivity contribution >= 4 is 5.97 Å². The molecule has 2 aromatic carbocycles. The molecule has 1 atom stereocenters. The second-order valence-electron chi connectivity index (χ2n) is 9.82. The van der Waals surface area contributed by atoms with Crippen molar-refractivity contribution in [2.24, 2.45) is 0 Å². The van der Waals surface area contributed by atoms with Crippen molar-refractivity contribution in [2.75, 3.05) is 0 Å². The molecule has 0 bridgehead atoms. The normalized spacial score (nSPS) is 13.0. The van der Waals surface area contributed by atoms with Crippen LogP contribution in [0.5, 0.6) is 0 Å². The molecular formula is C28H37F3O3. The summed E-state index contributed by atoms with van der Waals surface area (Å²) in [6, 6.07) is 13.8. The van der Waals surface area contributed by atoms with E-state index in [4.69, 9.17) is 4.74 Å². The fourth-order valence-corrected chi connectivity index (χ4v) is 3.96. The van der Waals surface area contributed by atoms with E-state index in [1.165, 1.54) is 11.6 Å². The molecule has 34 heavy (non-hydrogen) atoms. The van der Waals surface area contributed by atoms with Gasteiger partial charge in [-0.15, -0.1) is 0 Å². The molecule has 3 nitrogen and oxygen atoms in total. The molecule has 0 amide bonds. The number of alkyl halides is 3. The second kappa shape index (κ2) is 12.9. The summed E-state index contributed by atoms with van der Waals surface area (Å²) < 4.78 is 44.9. The number of ether oxygens (including phenoxy) is 1.